The van der Waals surface area contributed by atoms with Crippen molar-refractivity contribution in [3.8, 4) is 11.8 Å². The zero-order valence-corrected chi connectivity index (χ0v) is 11.4. The van der Waals surface area contributed by atoms with Crippen LogP contribution in [0.3, 0.4) is 0 Å². The first-order chi connectivity index (χ1) is 9.13. The molecule has 4 heteroatoms. The first kappa shape index (κ1) is 15.2. The Bertz CT molecular complexity index is 473. The third-order valence-electron chi connectivity index (χ3n) is 2.44. The highest BCUT2D eigenvalue weighted by Crippen LogP contribution is 2.04. The van der Waals surface area contributed by atoms with E-state index in [9.17, 15) is 4.79 Å². The fraction of sp³-hybridized carbons (Fsp3) is 0.400. The number of rotatable bonds is 5. The van der Waals surface area contributed by atoms with E-state index in [0.29, 0.717) is 18.5 Å². The van der Waals surface area contributed by atoms with Crippen LogP contribution >= 0.6 is 0 Å². The van der Waals surface area contributed by atoms with Gasteiger partial charge in [0.05, 0.1) is 6.61 Å². The summed E-state index contributed by atoms with van der Waals surface area (Å²) in [5.74, 6) is 5.66. The van der Waals surface area contributed by atoms with Crippen molar-refractivity contribution in [1.82, 2.24) is 10.2 Å². The van der Waals surface area contributed by atoms with E-state index in [-0.39, 0.29) is 12.5 Å². The summed E-state index contributed by atoms with van der Waals surface area (Å²) in [6.07, 6.45) is 0.444. The average molecular weight is 260 g/mol. The molecule has 1 aromatic carbocycles. The highest BCUT2D eigenvalue weighted by Gasteiger charge is 2.04. The number of benzene rings is 1. The Kier molecular flexibility index (Phi) is 6.65. The minimum Gasteiger partial charge on any atom is -0.395 e. The minimum absolute atomic E-state index is 0.0533. The van der Waals surface area contributed by atoms with E-state index in [4.69, 9.17) is 5.11 Å². The molecule has 0 saturated heterocycles. The van der Waals surface area contributed by atoms with Gasteiger partial charge in [0, 0.05) is 30.6 Å². The summed E-state index contributed by atoms with van der Waals surface area (Å²) in [6, 6.07) is 7.18. The molecule has 0 aliphatic heterocycles. The number of carbonyl (C=O) groups excluding carboxylic acids is 1. The quantitative estimate of drug-likeness (QED) is 0.767. The van der Waals surface area contributed by atoms with Crippen LogP contribution in [0.25, 0.3) is 0 Å². The molecule has 0 atom stereocenters. The molecule has 0 aromatic heterocycles. The third kappa shape index (κ3) is 6.05. The van der Waals surface area contributed by atoms with Crippen LogP contribution in [0.5, 0.6) is 0 Å². The molecule has 0 aliphatic carbocycles. The Hall–Kier alpha value is -1.83. The van der Waals surface area contributed by atoms with Gasteiger partial charge in [-0.15, -0.1) is 0 Å². The van der Waals surface area contributed by atoms with Crippen LogP contribution in [-0.2, 0) is 0 Å². The number of aliphatic hydroxyl groups is 1. The number of amides is 1. The maximum atomic E-state index is 11.9. The molecule has 0 spiro atoms. The van der Waals surface area contributed by atoms with Crippen molar-refractivity contribution in [3.05, 3.63) is 35.4 Å². The summed E-state index contributed by atoms with van der Waals surface area (Å²) in [5, 5.41) is 11.5. The number of carbonyl (C=O) groups is 1. The van der Waals surface area contributed by atoms with E-state index in [2.05, 4.69) is 17.2 Å². The molecule has 0 fully saturated rings. The normalized spacial score (nSPS) is 9.89. The van der Waals surface area contributed by atoms with E-state index in [1.165, 1.54) is 0 Å². The smallest absolute Gasteiger partial charge is 0.251 e. The number of aliphatic hydroxyl groups excluding tert-OH is 1. The molecule has 102 valence electrons. The zero-order valence-electron chi connectivity index (χ0n) is 11.4. The van der Waals surface area contributed by atoms with E-state index in [1.54, 1.807) is 12.1 Å². The van der Waals surface area contributed by atoms with Crippen LogP contribution in [0, 0.1) is 11.8 Å². The fourth-order valence-electron chi connectivity index (χ4n) is 1.45. The second-order valence-electron chi connectivity index (χ2n) is 4.42. The Morgan fingerprint density at radius 3 is 2.89 bits per heavy atom. The maximum Gasteiger partial charge on any atom is 0.251 e. The lowest BCUT2D eigenvalue weighted by Crippen LogP contribution is -2.31. The molecule has 2 N–H and O–H groups in total. The lowest BCUT2D eigenvalue weighted by Gasteiger charge is -2.10. The van der Waals surface area contributed by atoms with Crippen molar-refractivity contribution in [2.75, 3.05) is 33.8 Å². The van der Waals surface area contributed by atoms with Gasteiger partial charge in [-0.1, -0.05) is 17.9 Å². The maximum absolute atomic E-state index is 11.9. The van der Waals surface area contributed by atoms with Gasteiger partial charge in [-0.2, -0.15) is 0 Å². The zero-order chi connectivity index (χ0) is 14.1. The van der Waals surface area contributed by atoms with E-state index >= 15 is 0 Å². The summed E-state index contributed by atoms with van der Waals surface area (Å²) in [7, 11) is 3.92. The van der Waals surface area contributed by atoms with Crippen molar-refractivity contribution in [1.29, 1.82) is 0 Å². The van der Waals surface area contributed by atoms with Crippen molar-refractivity contribution < 1.29 is 9.90 Å². The molecule has 0 heterocycles. The van der Waals surface area contributed by atoms with Crippen molar-refractivity contribution in [2.24, 2.45) is 0 Å². The highest BCUT2D eigenvalue weighted by atomic mass is 16.2. The van der Waals surface area contributed by atoms with Crippen LogP contribution in [0.2, 0.25) is 0 Å². The molecule has 0 unspecified atom stereocenters. The van der Waals surface area contributed by atoms with Crippen LogP contribution < -0.4 is 5.32 Å². The SMILES string of the molecule is CN(C)CCNC(=O)c1cccc(C#CCCO)c1. The lowest BCUT2D eigenvalue weighted by molar-refractivity contribution is 0.0951. The molecule has 0 radical (unpaired) electrons. The van der Waals surface area contributed by atoms with Gasteiger partial charge in [0.1, 0.15) is 0 Å². The second kappa shape index (κ2) is 8.30. The number of likely N-dealkylation sites (N-methyl/N-ethyl adjacent to an activating group) is 1. The summed E-state index contributed by atoms with van der Waals surface area (Å²) in [4.78, 5) is 13.9. The standard InChI is InChI=1S/C15H20N2O2/c1-17(2)10-9-16-15(19)14-8-5-7-13(12-14)6-3-4-11-18/h5,7-8,12,18H,4,9-11H2,1-2H3,(H,16,19). The lowest BCUT2D eigenvalue weighted by atomic mass is 10.1. The van der Waals surface area contributed by atoms with Gasteiger partial charge in [0.2, 0.25) is 0 Å². The van der Waals surface area contributed by atoms with Gasteiger partial charge >= 0.3 is 0 Å². The molecular weight excluding hydrogens is 240 g/mol. The Labute approximate surface area is 114 Å². The molecule has 1 rings (SSSR count). The fourth-order valence-corrected chi connectivity index (χ4v) is 1.45. The predicted octanol–water partition coefficient (Wildman–Crippen LogP) is 0.712. The number of hydrogen-bond acceptors (Lipinski definition) is 3. The Balaban J connectivity index is 2.61. The molecule has 19 heavy (non-hydrogen) atoms. The monoisotopic (exact) mass is 260 g/mol. The van der Waals surface area contributed by atoms with Gasteiger partial charge in [0.15, 0.2) is 0 Å². The average Bonchev–Trinajstić information content (AvgIpc) is 2.39. The Morgan fingerprint density at radius 1 is 1.42 bits per heavy atom. The molecule has 1 amide bonds. The topological polar surface area (TPSA) is 52.6 Å². The summed E-state index contributed by atoms with van der Waals surface area (Å²) in [6.45, 7) is 1.48. The van der Waals surface area contributed by atoms with Crippen LogP contribution in [0.15, 0.2) is 24.3 Å². The van der Waals surface area contributed by atoms with Crippen LogP contribution in [0.1, 0.15) is 22.3 Å². The predicted molar refractivity (Wildman–Crippen MR) is 75.9 cm³/mol. The van der Waals surface area contributed by atoms with Crippen LogP contribution in [-0.4, -0.2) is 49.7 Å². The molecule has 0 saturated carbocycles. The highest BCUT2D eigenvalue weighted by molar-refractivity contribution is 5.94. The van der Waals surface area contributed by atoms with Crippen LogP contribution in [0.4, 0.5) is 0 Å². The summed E-state index contributed by atoms with van der Waals surface area (Å²) < 4.78 is 0. The Morgan fingerprint density at radius 2 is 2.21 bits per heavy atom. The molecule has 1 aromatic rings. The summed E-state index contributed by atoms with van der Waals surface area (Å²) >= 11 is 0. The minimum atomic E-state index is -0.0901. The molecule has 4 nitrogen and oxygen atoms in total. The number of hydrogen-bond donors (Lipinski definition) is 2. The van der Waals surface area contributed by atoms with E-state index in [0.717, 1.165) is 12.1 Å². The molecule has 0 aliphatic rings. The first-order valence-corrected chi connectivity index (χ1v) is 6.26. The van der Waals surface area contributed by atoms with Crippen molar-refractivity contribution >= 4 is 5.91 Å². The van der Waals surface area contributed by atoms with Gasteiger partial charge in [-0.3, -0.25) is 4.79 Å². The van der Waals surface area contributed by atoms with Gasteiger partial charge in [0.25, 0.3) is 5.91 Å². The van der Waals surface area contributed by atoms with Gasteiger partial charge in [-0.25, -0.2) is 0 Å². The largest absolute Gasteiger partial charge is 0.395 e. The molecular formula is C15H20N2O2. The summed E-state index contributed by atoms with van der Waals surface area (Å²) in [5.41, 5.74) is 1.39. The van der Waals surface area contributed by atoms with Crippen molar-refractivity contribution in [3.63, 3.8) is 0 Å². The second-order valence-corrected chi connectivity index (χ2v) is 4.42. The van der Waals surface area contributed by atoms with Gasteiger partial charge < -0.3 is 15.3 Å². The number of nitrogens with one attached hydrogen (secondary N) is 1. The van der Waals surface area contributed by atoms with E-state index < -0.39 is 0 Å². The third-order valence-corrected chi connectivity index (χ3v) is 2.44. The molecule has 0 bridgehead atoms. The number of nitrogens with zero attached hydrogens (tertiary/aromatic N) is 1. The van der Waals surface area contributed by atoms with Gasteiger partial charge in [-0.05, 0) is 32.3 Å². The van der Waals surface area contributed by atoms with E-state index in [1.807, 2.05) is 31.1 Å². The first-order valence-electron chi connectivity index (χ1n) is 6.26. The van der Waals surface area contributed by atoms with Crippen molar-refractivity contribution in [2.45, 2.75) is 6.42 Å².